The second-order valence-electron chi connectivity index (χ2n) is 7.60. The van der Waals surface area contributed by atoms with Gasteiger partial charge in [0.15, 0.2) is 17.3 Å². The Balaban J connectivity index is 2.05. The highest BCUT2D eigenvalue weighted by Gasteiger charge is 2.24. The number of nitrogens with one attached hydrogen (secondary N) is 1. The van der Waals surface area contributed by atoms with Gasteiger partial charge >= 0.3 is 0 Å². The maximum atomic E-state index is 14.5. The Morgan fingerprint density at radius 2 is 1.90 bits per heavy atom. The van der Waals surface area contributed by atoms with Crippen molar-refractivity contribution in [3.8, 4) is 17.3 Å². The van der Waals surface area contributed by atoms with Crippen molar-refractivity contribution in [3.63, 3.8) is 0 Å². The molecule has 0 aliphatic rings. The van der Waals surface area contributed by atoms with E-state index in [2.05, 4.69) is 10.4 Å². The molecule has 3 rings (SSSR count). The Hall–Kier alpha value is -3.75. The number of non-ortho nitro benzene ring substituents is 1. The smallest absolute Gasteiger partial charge is 0.272 e. The molecule has 0 saturated heterocycles. The zero-order chi connectivity index (χ0) is 22.7. The molecule has 1 aromatic heterocycles. The summed E-state index contributed by atoms with van der Waals surface area (Å²) >= 11 is 0. The number of nitro benzene ring substituents is 1. The van der Waals surface area contributed by atoms with E-state index in [4.69, 9.17) is 4.74 Å². The minimum absolute atomic E-state index is 0.145. The monoisotopic (exact) mass is 426 g/mol. The average molecular weight is 426 g/mol. The molecule has 0 radical (unpaired) electrons. The molecule has 0 fully saturated rings. The maximum absolute atomic E-state index is 14.5. The van der Waals surface area contributed by atoms with E-state index < -0.39 is 10.7 Å². The first-order valence-corrected chi connectivity index (χ1v) is 9.74. The summed E-state index contributed by atoms with van der Waals surface area (Å²) in [5.74, 6) is -1.07. The highest BCUT2D eigenvalue weighted by atomic mass is 19.1. The first kappa shape index (κ1) is 21.9. The molecular formula is C22H23FN4O4. The standard InChI is InChI=1S/C22H23FN4O4/c1-13(2)12-24-21(28)20-15(4)22(26(25-20)16-7-5-14(3)6-8-16)31-19-10-9-17(27(29)30)11-18(19)23/h5-11,13H,12H2,1-4H3,(H,24,28). The van der Waals surface area contributed by atoms with E-state index in [1.165, 1.54) is 10.7 Å². The summed E-state index contributed by atoms with van der Waals surface area (Å²) in [6.45, 7) is 8.02. The van der Waals surface area contributed by atoms with Crippen LogP contribution in [-0.4, -0.2) is 27.2 Å². The average Bonchev–Trinajstić information content (AvgIpc) is 3.04. The van der Waals surface area contributed by atoms with Gasteiger partial charge in [-0.1, -0.05) is 31.5 Å². The lowest BCUT2D eigenvalue weighted by atomic mass is 10.2. The zero-order valence-electron chi connectivity index (χ0n) is 17.7. The van der Waals surface area contributed by atoms with E-state index in [0.29, 0.717) is 17.8 Å². The number of aromatic nitrogens is 2. The van der Waals surface area contributed by atoms with Gasteiger partial charge in [0.25, 0.3) is 11.6 Å². The second kappa shape index (κ2) is 8.95. The molecule has 1 heterocycles. The van der Waals surface area contributed by atoms with Crippen molar-refractivity contribution >= 4 is 11.6 Å². The predicted octanol–water partition coefficient (Wildman–Crippen LogP) is 4.71. The topological polar surface area (TPSA) is 99.3 Å². The van der Waals surface area contributed by atoms with Crippen molar-refractivity contribution in [3.05, 3.63) is 75.2 Å². The summed E-state index contributed by atoms with van der Waals surface area (Å²) in [4.78, 5) is 22.9. The molecule has 1 N–H and O–H groups in total. The summed E-state index contributed by atoms with van der Waals surface area (Å²) < 4.78 is 21.6. The van der Waals surface area contributed by atoms with E-state index in [1.807, 2.05) is 32.9 Å². The summed E-state index contributed by atoms with van der Waals surface area (Å²) in [6.07, 6.45) is 0. The Labute approximate surface area is 178 Å². The third-order valence-electron chi connectivity index (χ3n) is 4.57. The van der Waals surface area contributed by atoms with Crippen LogP contribution in [0, 0.1) is 35.7 Å². The van der Waals surface area contributed by atoms with Crippen molar-refractivity contribution in [2.75, 3.05) is 6.54 Å². The quantitative estimate of drug-likeness (QED) is 0.436. The summed E-state index contributed by atoms with van der Waals surface area (Å²) in [6, 6.07) is 10.5. The van der Waals surface area contributed by atoms with Crippen LogP contribution in [0.3, 0.4) is 0 Å². The van der Waals surface area contributed by atoms with Gasteiger partial charge in [-0.25, -0.2) is 4.39 Å². The molecule has 2 aromatic carbocycles. The molecule has 9 heteroatoms. The fourth-order valence-corrected chi connectivity index (χ4v) is 2.85. The molecule has 0 aliphatic heterocycles. The second-order valence-corrected chi connectivity index (χ2v) is 7.60. The third kappa shape index (κ3) is 4.88. The van der Waals surface area contributed by atoms with Gasteiger partial charge in [-0.05, 0) is 38.0 Å². The van der Waals surface area contributed by atoms with E-state index in [1.54, 1.807) is 19.1 Å². The van der Waals surface area contributed by atoms with Crippen molar-refractivity contribution < 1.29 is 18.8 Å². The van der Waals surface area contributed by atoms with Crippen LogP contribution in [0.1, 0.15) is 35.5 Å². The molecule has 0 atom stereocenters. The van der Waals surface area contributed by atoms with E-state index in [9.17, 15) is 19.3 Å². The normalized spacial score (nSPS) is 10.9. The van der Waals surface area contributed by atoms with Crippen molar-refractivity contribution in [1.82, 2.24) is 15.1 Å². The number of amides is 1. The lowest BCUT2D eigenvalue weighted by molar-refractivity contribution is -0.385. The molecule has 162 valence electrons. The molecular weight excluding hydrogens is 403 g/mol. The van der Waals surface area contributed by atoms with E-state index >= 15 is 0 Å². The van der Waals surface area contributed by atoms with Crippen LogP contribution >= 0.6 is 0 Å². The summed E-state index contributed by atoms with van der Waals surface area (Å²) in [5.41, 5.74) is 1.83. The van der Waals surface area contributed by atoms with Crippen molar-refractivity contribution in [2.45, 2.75) is 27.7 Å². The molecule has 3 aromatic rings. The molecule has 31 heavy (non-hydrogen) atoms. The van der Waals surface area contributed by atoms with E-state index in [-0.39, 0.29) is 34.8 Å². The van der Waals surface area contributed by atoms with Crippen LogP contribution in [0.4, 0.5) is 10.1 Å². The van der Waals surface area contributed by atoms with Gasteiger partial charge < -0.3 is 10.1 Å². The Morgan fingerprint density at radius 1 is 1.23 bits per heavy atom. The minimum atomic E-state index is -0.893. The number of rotatable bonds is 7. The van der Waals surface area contributed by atoms with Gasteiger partial charge in [-0.2, -0.15) is 9.78 Å². The van der Waals surface area contributed by atoms with Gasteiger partial charge in [0.2, 0.25) is 5.88 Å². The number of nitro groups is 1. The van der Waals surface area contributed by atoms with Crippen LogP contribution in [0.25, 0.3) is 5.69 Å². The third-order valence-corrected chi connectivity index (χ3v) is 4.57. The lowest BCUT2D eigenvalue weighted by Gasteiger charge is -2.11. The highest BCUT2D eigenvalue weighted by molar-refractivity contribution is 5.94. The predicted molar refractivity (Wildman–Crippen MR) is 113 cm³/mol. The maximum Gasteiger partial charge on any atom is 0.272 e. The van der Waals surface area contributed by atoms with Crippen LogP contribution in [0.2, 0.25) is 0 Å². The molecule has 1 amide bonds. The number of benzene rings is 2. The number of carbonyl (C=O) groups is 1. The van der Waals surface area contributed by atoms with E-state index in [0.717, 1.165) is 17.7 Å². The van der Waals surface area contributed by atoms with Crippen LogP contribution in [-0.2, 0) is 0 Å². The Morgan fingerprint density at radius 3 is 2.48 bits per heavy atom. The van der Waals surface area contributed by atoms with Gasteiger partial charge in [0.05, 0.1) is 16.7 Å². The number of ether oxygens (including phenoxy) is 1. The molecule has 0 unspecified atom stereocenters. The number of nitrogens with zero attached hydrogens (tertiary/aromatic N) is 3. The fourth-order valence-electron chi connectivity index (χ4n) is 2.85. The Bertz CT molecular complexity index is 1120. The largest absolute Gasteiger partial charge is 0.436 e. The summed E-state index contributed by atoms with van der Waals surface area (Å²) in [5, 5.41) is 18.1. The molecule has 0 bridgehead atoms. The number of hydrogen-bond acceptors (Lipinski definition) is 5. The van der Waals surface area contributed by atoms with Crippen LogP contribution < -0.4 is 10.1 Å². The zero-order valence-corrected chi connectivity index (χ0v) is 17.7. The number of hydrogen-bond donors (Lipinski definition) is 1. The first-order chi connectivity index (χ1) is 14.7. The first-order valence-electron chi connectivity index (χ1n) is 9.74. The van der Waals surface area contributed by atoms with Gasteiger partial charge in [0.1, 0.15) is 0 Å². The van der Waals surface area contributed by atoms with Gasteiger partial charge in [-0.3, -0.25) is 14.9 Å². The van der Waals surface area contributed by atoms with Crippen LogP contribution in [0.15, 0.2) is 42.5 Å². The van der Waals surface area contributed by atoms with Crippen molar-refractivity contribution in [1.29, 1.82) is 0 Å². The molecule has 0 aliphatic carbocycles. The number of halogens is 1. The molecule has 0 saturated carbocycles. The number of aryl methyl sites for hydroxylation is 1. The lowest BCUT2D eigenvalue weighted by Crippen LogP contribution is -2.28. The SMILES string of the molecule is Cc1ccc(-n2nc(C(=O)NCC(C)C)c(C)c2Oc2ccc([N+](=O)[O-])cc2F)cc1. The highest BCUT2D eigenvalue weighted by Crippen LogP contribution is 2.33. The van der Waals surface area contributed by atoms with Crippen LogP contribution in [0.5, 0.6) is 11.6 Å². The van der Waals surface area contributed by atoms with Crippen molar-refractivity contribution in [2.24, 2.45) is 5.92 Å². The molecule has 8 nitrogen and oxygen atoms in total. The fraction of sp³-hybridized carbons (Fsp3) is 0.273. The summed E-state index contributed by atoms with van der Waals surface area (Å²) in [7, 11) is 0. The Kier molecular flexibility index (Phi) is 6.33. The van der Waals surface area contributed by atoms with Gasteiger partial charge in [0, 0.05) is 18.2 Å². The number of carbonyl (C=O) groups excluding carboxylic acids is 1. The van der Waals surface area contributed by atoms with Gasteiger partial charge in [-0.15, -0.1) is 0 Å². The minimum Gasteiger partial charge on any atom is -0.436 e. The molecule has 0 spiro atoms.